The molecule has 2 rings (SSSR count). The van der Waals surface area contributed by atoms with E-state index in [0.717, 1.165) is 55.4 Å². The minimum Gasteiger partial charge on any atom is -0.493 e. The summed E-state index contributed by atoms with van der Waals surface area (Å²) in [6.07, 6.45) is 2.19. The van der Waals surface area contributed by atoms with Crippen LogP contribution in [0, 0.1) is 5.92 Å². The number of hydrogen-bond donors (Lipinski definition) is 1. The Morgan fingerprint density at radius 3 is 2.70 bits per heavy atom. The highest BCUT2D eigenvalue weighted by atomic mass is 16.7. The van der Waals surface area contributed by atoms with Crippen molar-refractivity contribution in [2.24, 2.45) is 5.92 Å². The van der Waals surface area contributed by atoms with Crippen LogP contribution in [0.15, 0.2) is 12.1 Å². The lowest BCUT2D eigenvalue weighted by Gasteiger charge is -2.14. The average molecular weight is 279 g/mol. The summed E-state index contributed by atoms with van der Waals surface area (Å²) in [7, 11) is 0. The van der Waals surface area contributed by atoms with Gasteiger partial charge in [0.05, 0.1) is 6.61 Å². The fourth-order valence-electron chi connectivity index (χ4n) is 2.06. The van der Waals surface area contributed by atoms with Gasteiger partial charge in [-0.3, -0.25) is 0 Å². The summed E-state index contributed by atoms with van der Waals surface area (Å²) in [5.74, 6) is 3.13. The number of fused-ring (bicyclic) bond motifs is 1. The fourth-order valence-corrected chi connectivity index (χ4v) is 2.06. The maximum atomic E-state index is 5.88. The highest BCUT2D eigenvalue weighted by Crippen LogP contribution is 2.38. The second kappa shape index (κ2) is 7.39. The monoisotopic (exact) mass is 279 g/mol. The van der Waals surface area contributed by atoms with Gasteiger partial charge in [-0.25, -0.2) is 0 Å². The van der Waals surface area contributed by atoms with Crippen LogP contribution < -0.4 is 19.5 Å². The molecule has 0 bridgehead atoms. The van der Waals surface area contributed by atoms with Crippen LogP contribution in [0.5, 0.6) is 17.2 Å². The zero-order valence-electron chi connectivity index (χ0n) is 12.7. The molecule has 0 saturated heterocycles. The third-order valence-corrected chi connectivity index (χ3v) is 3.18. The van der Waals surface area contributed by atoms with E-state index >= 15 is 0 Å². The van der Waals surface area contributed by atoms with Crippen molar-refractivity contribution in [1.82, 2.24) is 5.32 Å². The number of benzene rings is 1. The lowest BCUT2D eigenvalue weighted by atomic mass is 10.1. The van der Waals surface area contributed by atoms with Crippen LogP contribution in [-0.4, -0.2) is 19.9 Å². The molecule has 1 N–H and O–H groups in total. The molecule has 0 spiro atoms. The van der Waals surface area contributed by atoms with Gasteiger partial charge in [0.15, 0.2) is 11.5 Å². The van der Waals surface area contributed by atoms with E-state index in [4.69, 9.17) is 14.2 Å². The van der Waals surface area contributed by atoms with E-state index in [0.29, 0.717) is 12.7 Å². The first-order valence-corrected chi connectivity index (χ1v) is 7.46. The summed E-state index contributed by atoms with van der Waals surface area (Å²) in [4.78, 5) is 0. The molecule has 1 heterocycles. The van der Waals surface area contributed by atoms with E-state index in [2.05, 4.69) is 26.1 Å². The predicted molar refractivity (Wildman–Crippen MR) is 79.5 cm³/mol. The number of rotatable bonds is 8. The maximum Gasteiger partial charge on any atom is 0.231 e. The molecule has 4 nitrogen and oxygen atoms in total. The van der Waals surface area contributed by atoms with E-state index < -0.39 is 0 Å². The molecule has 1 aromatic carbocycles. The van der Waals surface area contributed by atoms with Gasteiger partial charge in [-0.15, -0.1) is 0 Å². The molecule has 0 unspecified atom stereocenters. The van der Waals surface area contributed by atoms with Gasteiger partial charge in [0, 0.05) is 18.2 Å². The second-order valence-corrected chi connectivity index (χ2v) is 5.54. The third-order valence-electron chi connectivity index (χ3n) is 3.18. The number of nitrogens with one attached hydrogen (secondary N) is 1. The molecule has 1 aliphatic heterocycles. The van der Waals surface area contributed by atoms with Gasteiger partial charge in [0.25, 0.3) is 0 Å². The standard InChI is InChI=1S/C16H25NO3/c1-4-5-6-18-14-8-16-15(19-11-20-16)7-13(14)10-17-9-12(2)3/h7-8,12,17H,4-6,9-11H2,1-3H3. The van der Waals surface area contributed by atoms with Crippen molar-refractivity contribution in [1.29, 1.82) is 0 Å². The van der Waals surface area contributed by atoms with Gasteiger partial charge in [0.2, 0.25) is 6.79 Å². The Hall–Kier alpha value is -1.42. The van der Waals surface area contributed by atoms with Crippen LogP contribution in [0.4, 0.5) is 0 Å². The van der Waals surface area contributed by atoms with Crippen LogP contribution in [0.1, 0.15) is 39.2 Å². The molecular formula is C16H25NO3. The lowest BCUT2D eigenvalue weighted by Crippen LogP contribution is -2.19. The highest BCUT2D eigenvalue weighted by Gasteiger charge is 2.18. The Kier molecular flexibility index (Phi) is 5.53. The van der Waals surface area contributed by atoms with E-state index in [1.807, 2.05) is 12.1 Å². The largest absolute Gasteiger partial charge is 0.493 e. The quantitative estimate of drug-likeness (QED) is 0.741. The van der Waals surface area contributed by atoms with Crippen LogP contribution in [-0.2, 0) is 6.54 Å². The van der Waals surface area contributed by atoms with Crippen LogP contribution in [0.3, 0.4) is 0 Å². The Bertz CT molecular complexity index is 432. The highest BCUT2D eigenvalue weighted by molar-refractivity contribution is 5.51. The fraction of sp³-hybridized carbons (Fsp3) is 0.625. The summed E-state index contributed by atoms with van der Waals surface area (Å²) in [5, 5.41) is 3.45. The van der Waals surface area contributed by atoms with Crippen molar-refractivity contribution < 1.29 is 14.2 Å². The van der Waals surface area contributed by atoms with Gasteiger partial charge in [-0.1, -0.05) is 27.2 Å². The summed E-state index contributed by atoms with van der Waals surface area (Å²) in [5.41, 5.74) is 1.13. The van der Waals surface area contributed by atoms with E-state index in [1.165, 1.54) is 0 Å². The zero-order chi connectivity index (χ0) is 14.4. The first-order chi connectivity index (χ1) is 9.70. The molecule has 20 heavy (non-hydrogen) atoms. The van der Waals surface area contributed by atoms with Crippen molar-refractivity contribution in [3.05, 3.63) is 17.7 Å². The van der Waals surface area contributed by atoms with Crippen molar-refractivity contribution in [3.63, 3.8) is 0 Å². The van der Waals surface area contributed by atoms with Crippen LogP contribution in [0.25, 0.3) is 0 Å². The Morgan fingerprint density at radius 2 is 2.00 bits per heavy atom. The van der Waals surface area contributed by atoms with Gasteiger partial charge >= 0.3 is 0 Å². The number of ether oxygens (including phenoxy) is 3. The van der Waals surface area contributed by atoms with Gasteiger partial charge < -0.3 is 19.5 Å². The predicted octanol–water partition coefficient (Wildman–Crippen LogP) is 3.34. The minimum absolute atomic E-state index is 0.298. The topological polar surface area (TPSA) is 39.7 Å². The molecule has 1 aromatic rings. The molecule has 4 heteroatoms. The molecule has 0 amide bonds. The summed E-state index contributed by atoms with van der Waals surface area (Å²) in [6.45, 7) is 9.38. The molecule has 1 aliphatic rings. The molecule has 0 aliphatic carbocycles. The summed E-state index contributed by atoms with van der Waals surface area (Å²) < 4.78 is 16.7. The lowest BCUT2D eigenvalue weighted by molar-refractivity contribution is 0.173. The van der Waals surface area contributed by atoms with Gasteiger partial charge in [-0.2, -0.15) is 0 Å². The first-order valence-electron chi connectivity index (χ1n) is 7.46. The first kappa shape index (κ1) is 15.0. The molecule has 0 fully saturated rings. The normalized spacial score (nSPS) is 13.0. The molecule has 112 valence electrons. The van der Waals surface area contributed by atoms with Crippen molar-refractivity contribution >= 4 is 0 Å². The average Bonchev–Trinajstić information content (AvgIpc) is 2.85. The third kappa shape index (κ3) is 4.04. The summed E-state index contributed by atoms with van der Waals surface area (Å²) in [6, 6.07) is 3.97. The number of hydrogen-bond acceptors (Lipinski definition) is 4. The summed E-state index contributed by atoms with van der Waals surface area (Å²) >= 11 is 0. The molecule has 0 radical (unpaired) electrons. The van der Waals surface area contributed by atoms with Crippen molar-refractivity contribution in [3.8, 4) is 17.2 Å². The second-order valence-electron chi connectivity index (χ2n) is 5.54. The molecule has 0 atom stereocenters. The Balaban J connectivity index is 2.05. The van der Waals surface area contributed by atoms with Gasteiger partial charge in [0.1, 0.15) is 5.75 Å². The van der Waals surface area contributed by atoms with E-state index in [1.54, 1.807) is 0 Å². The maximum absolute atomic E-state index is 5.88. The zero-order valence-corrected chi connectivity index (χ0v) is 12.7. The van der Waals surface area contributed by atoms with E-state index in [9.17, 15) is 0 Å². The smallest absolute Gasteiger partial charge is 0.231 e. The van der Waals surface area contributed by atoms with Crippen molar-refractivity contribution in [2.75, 3.05) is 19.9 Å². The molecule has 0 aromatic heterocycles. The van der Waals surface area contributed by atoms with Crippen LogP contribution >= 0.6 is 0 Å². The Morgan fingerprint density at radius 1 is 1.25 bits per heavy atom. The van der Waals surface area contributed by atoms with E-state index in [-0.39, 0.29) is 0 Å². The van der Waals surface area contributed by atoms with Crippen molar-refractivity contribution in [2.45, 2.75) is 40.2 Å². The van der Waals surface area contributed by atoms with Gasteiger partial charge in [-0.05, 0) is 24.9 Å². The minimum atomic E-state index is 0.298. The Labute approximate surface area is 121 Å². The SMILES string of the molecule is CCCCOc1cc2c(cc1CNCC(C)C)OCO2. The number of unbranched alkanes of at least 4 members (excludes halogenated alkanes) is 1. The molecular weight excluding hydrogens is 254 g/mol. The molecule has 0 saturated carbocycles. The van der Waals surface area contributed by atoms with Crippen LogP contribution in [0.2, 0.25) is 0 Å².